The molecular formula is C12H13ClOS. The fourth-order valence-corrected chi connectivity index (χ4v) is 3.21. The van der Waals surface area contributed by atoms with Gasteiger partial charge in [0.05, 0.1) is 11.6 Å². The van der Waals surface area contributed by atoms with Crippen LogP contribution in [0.25, 0.3) is 0 Å². The lowest BCUT2D eigenvalue weighted by molar-refractivity contribution is 0.530. The molecule has 0 N–H and O–H groups in total. The fraction of sp³-hybridized carbons (Fsp3) is 0.333. The minimum absolute atomic E-state index is 0.0892. The molecule has 0 amide bonds. The van der Waals surface area contributed by atoms with E-state index in [4.69, 9.17) is 16.0 Å². The number of hydrogen-bond acceptors (Lipinski definition) is 2. The second-order valence-electron chi connectivity index (χ2n) is 3.66. The van der Waals surface area contributed by atoms with Crippen molar-refractivity contribution in [2.24, 2.45) is 0 Å². The van der Waals surface area contributed by atoms with Gasteiger partial charge in [0.2, 0.25) is 0 Å². The molecular weight excluding hydrogens is 228 g/mol. The highest BCUT2D eigenvalue weighted by Gasteiger charge is 2.18. The van der Waals surface area contributed by atoms with Crippen LogP contribution in [-0.4, -0.2) is 0 Å². The first-order valence-corrected chi connectivity index (χ1v) is 6.10. The number of halogens is 1. The van der Waals surface area contributed by atoms with E-state index in [1.165, 1.54) is 15.3 Å². The number of hydrogen-bond donors (Lipinski definition) is 0. The van der Waals surface area contributed by atoms with E-state index in [9.17, 15) is 0 Å². The van der Waals surface area contributed by atoms with Gasteiger partial charge in [-0.3, -0.25) is 0 Å². The van der Waals surface area contributed by atoms with Gasteiger partial charge in [-0.2, -0.15) is 0 Å². The lowest BCUT2D eigenvalue weighted by Gasteiger charge is -2.07. The molecule has 0 saturated carbocycles. The topological polar surface area (TPSA) is 13.1 Å². The van der Waals surface area contributed by atoms with Crippen molar-refractivity contribution >= 4 is 22.9 Å². The summed E-state index contributed by atoms with van der Waals surface area (Å²) in [4.78, 5) is 2.59. The van der Waals surface area contributed by atoms with Gasteiger partial charge in [-0.25, -0.2) is 0 Å². The number of rotatable bonds is 2. The van der Waals surface area contributed by atoms with Crippen LogP contribution in [0.3, 0.4) is 0 Å². The van der Waals surface area contributed by atoms with Crippen LogP contribution in [0.5, 0.6) is 0 Å². The number of thiophene rings is 1. The van der Waals surface area contributed by atoms with Gasteiger partial charge in [0.25, 0.3) is 0 Å². The standard InChI is InChI=1S/C12H13ClOS/c1-7-6-11(9(3)15-7)12(13)10-4-5-14-8(10)2/h4-6,12H,1-3H3. The molecule has 0 fully saturated rings. The zero-order chi connectivity index (χ0) is 11.0. The largest absolute Gasteiger partial charge is 0.469 e. The summed E-state index contributed by atoms with van der Waals surface area (Å²) in [5.74, 6) is 0.901. The van der Waals surface area contributed by atoms with Gasteiger partial charge in [-0.1, -0.05) is 0 Å². The third kappa shape index (κ3) is 1.97. The van der Waals surface area contributed by atoms with E-state index < -0.39 is 0 Å². The van der Waals surface area contributed by atoms with Gasteiger partial charge in [0.15, 0.2) is 0 Å². The maximum absolute atomic E-state index is 6.44. The number of alkyl halides is 1. The molecule has 15 heavy (non-hydrogen) atoms. The Morgan fingerprint density at radius 3 is 2.47 bits per heavy atom. The van der Waals surface area contributed by atoms with Gasteiger partial charge < -0.3 is 4.42 Å². The SMILES string of the molecule is Cc1cc(C(Cl)c2ccoc2C)c(C)s1. The van der Waals surface area contributed by atoms with Gasteiger partial charge in [-0.15, -0.1) is 22.9 Å². The van der Waals surface area contributed by atoms with Crippen molar-refractivity contribution in [1.29, 1.82) is 0 Å². The van der Waals surface area contributed by atoms with E-state index in [0.29, 0.717) is 0 Å². The first-order chi connectivity index (χ1) is 7.09. The Balaban J connectivity index is 2.40. The molecule has 2 aromatic rings. The summed E-state index contributed by atoms with van der Waals surface area (Å²) in [7, 11) is 0. The van der Waals surface area contributed by atoms with Gasteiger partial charge >= 0.3 is 0 Å². The fourth-order valence-electron chi connectivity index (χ4n) is 1.73. The smallest absolute Gasteiger partial charge is 0.105 e. The monoisotopic (exact) mass is 240 g/mol. The predicted octanol–water partition coefficient (Wildman–Crippen LogP) is 4.59. The highest BCUT2D eigenvalue weighted by molar-refractivity contribution is 7.12. The molecule has 0 radical (unpaired) electrons. The van der Waals surface area contributed by atoms with Crippen LogP contribution in [0.15, 0.2) is 22.8 Å². The zero-order valence-electron chi connectivity index (χ0n) is 9.00. The Morgan fingerprint density at radius 2 is 2.00 bits per heavy atom. The van der Waals surface area contributed by atoms with Crippen molar-refractivity contribution in [3.63, 3.8) is 0 Å². The molecule has 0 aliphatic rings. The molecule has 0 aliphatic heterocycles. The van der Waals surface area contributed by atoms with Crippen LogP contribution >= 0.6 is 22.9 Å². The molecule has 0 bridgehead atoms. The van der Waals surface area contributed by atoms with Crippen molar-refractivity contribution in [1.82, 2.24) is 0 Å². The third-order valence-corrected chi connectivity index (χ3v) is 3.98. The van der Waals surface area contributed by atoms with Crippen LogP contribution in [0.2, 0.25) is 0 Å². The minimum atomic E-state index is -0.0892. The van der Waals surface area contributed by atoms with Crippen molar-refractivity contribution in [2.45, 2.75) is 26.1 Å². The Kier molecular flexibility index (Phi) is 2.89. The van der Waals surface area contributed by atoms with E-state index in [-0.39, 0.29) is 5.38 Å². The summed E-state index contributed by atoms with van der Waals surface area (Å²) in [6.07, 6.45) is 1.69. The molecule has 1 nitrogen and oxygen atoms in total. The van der Waals surface area contributed by atoms with E-state index in [0.717, 1.165) is 11.3 Å². The van der Waals surface area contributed by atoms with Gasteiger partial charge in [-0.05, 0) is 38.5 Å². The third-order valence-electron chi connectivity index (χ3n) is 2.52. The second-order valence-corrected chi connectivity index (χ2v) is 5.56. The summed E-state index contributed by atoms with van der Waals surface area (Å²) < 4.78 is 5.27. The van der Waals surface area contributed by atoms with Gasteiger partial charge in [0, 0.05) is 15.3 Å². The average Bonchev–Trinajstić information content (AvgIpc) is 2.71. The van der Waals surface area contributed by atoms with Crippen LogP contribution in [-0.2, 0) is 0 Å². The maximum Gasteiger partial charge on any atom is 0.105 e. The summed E-state index contributed by atoms with van der Waals surface area (Å²) in [6, 6.07) is 4.10. The molecule has 3 heteroatoms. The Hall–Kier alpha value is -0.730. The number of furan rings is 1. The van der Waals surface area contributed by atoms with E-state index in [2.05, 4.69) is 19.9 Å². The molecule has 1 atom stereocenters. The Bertz CT molecular complexity index is 470. The minimum Gasteiger partial charge on any atom is -0.469 e. The van der Waals surface area contributed by atoms with Crippen molar-refractivity contribution in [2.75, 3.05) is 0 Å². The number of aryl methyl sites for hydroxylation is 3. The quantitative estimate of drug-likeness (QED) is 0.700. The molecule has 2 aromatic heterocycles. The first kappa shape index (κ1) is 10.8. The normalized spacial score (nSPS) is 13.1. The van der Waals surface area contributed by atoms with Crippen molar-refractivity contribution in [3.8, 4) is 0 Å². The first-order valence-electron chi connectivity index (χ1n) is 4.84. The zero-order valence-corrected chi connectivity index (χ0v) is 10.6. The van der Waals surface area contributed by atoms with Crippen LogP contribution in [0.1, 0.15) is 32.0 Å². The maximum atomic E-state index is 6.44. The molecule has 0 spiro atoms. The molecule has 0 aromatic carbocycles. The molecule has 0 aliphatic carbocycles. The molecule has 0 saturated heterocycles. The van der Waals surface area contributed by atoms with Crippen LogP contribution < -0.4 is 0 Å². The van der Waals surface area contributed by atoms with Gasteiger partial charge in [0.1, 0.15) is 5.76 Å². The molecule has 2 rings (SSSR count). The highest BCUT2D eigenvalue weighted by Crippen LogP contribution is 2.36. The van der Waals surface area contributed by atoms with E-state index >= 15 is 0 Å². The van der Waals surface area contributed by atoms with E-state index in [1.54, 1.807) is 17.6 Å². The van der Waals surface area contributed by atoms with Crippen LogP contribution in [0, 0.1) is 20.8 Å². The summed E-state index contributed by atoms with van der Waals surface area (Å²) >= 11 is 8.23. The second kappa shape index (κ2) is 4.03. The highest BCUT2D eigenvalue weighted by atomic mass is 35.5. The summed E-state index contributed by atoms with van der Waals surface area (Å²) in [5.41, 5.74) is 2.27. The summed E-state index contributed by atoms with van der Waals surface area (Å²) in [6.45, 7) is 6.16. The lowest BCUT2D eigenvalue weighted by atomic mass is 10.1. The molecule has 80 valence electrons. The molecule has 2 heterocycles. The lowest BCUT2D eigenvalue weighted by Crippen LogP contribution is -1.93. The van der Waals surface area contributed by atoms with E-state index in [1.807, 2.05) is 13.0 Å². The van der Waals surface area contributed by atoms with Crippen molar-refractivity contribution in [3.05, 3.63) is 45.0 Å². The average molecular weight is 241 g/mol. The predicted molar refractivity (Wildman–Crippen MR) is 64.9 cm³/mol. The Labute approximate surface area is 98.7 Å². The van der Waals surface area contributed by atoms with Crippen molar-refractivity contribution < 1.29 is 4.42 Å². The summed E-state index contributed by atoms with van der Waals surface area (Å²) in [5, 5.41) is -0.0892. The molecule has 1 unspecified atom stereocenters. The van der Waals surface area contributed by atoms with Crippen LogP contribution in [0.4, 0.5) is 0 Å². The Morgan fingerprint density at radius 1 is 1.27 bits per heavy atom.